The molecule has 1 atom stereocenters. The van der Waals surface area contributed by atoms with Crippen LogP contribution in [0.5, 0.6) is 0 Å². The minimum atomic E-state index is -0.974. The van der Waals surface area contributed by atoms with Gasteiger partial charge in [0.1, 0.15) is 5.82 Å². The van der Waals surface area contributed by atoms with Gasteiger partial charge >= 0.3 is 5.97 Å². The summed E-state index contributed by atoms with van der Waals surface area (Å²) in [5.74, 6) is -2.33. The Hall–Kier alpha value is -1.98. The maximum absolute atomic E-state index is 12.9. The third-order valence-electron chi connectivity index (χ3n) is 2.70. The average Bonchev–Trinajstić information content (AvgIpc) is 2.61. The maximum Gasteiger partial charge on any atom is 0.308 e. The molecule has 0 radical (unpaired) electrons. The molecule has 0 saturated carbocycles. The SMILES string of the molecule is O=C(O)C1CC(=O)N(Cc2cncc(F)c2)C1. The molecule has 90 valence electrons. The van der Waals surface area contributed by atoms with E-state index in [-0.39, 0.29) is 25.4 Å². The number of aromatic nitrogens is 1. The lowest BCUT2D eigenvalue weighted by Crippen LogP contribution is -2.25. The summed E-state index contributed by atoms with van der Waals surface area (Å²) in [6.45, 7) is 0.373. The van der Waals surface area contributed by atoms with Crippen LogP contribution in [-0.4, -0.2) is 33.4 Å². The number of rotatable bonds is 3. The highest BCUT2D eigenvalue weighted by Gasteiger charge is 2.34. The number of carbonyl (C=O) groups excluding carboxylic acids is 1. The van der Waals surface area contributed by atoms with Crippen LogP contribution in [0.3, 0.4) is 0 Å². The molecule has 1 aliphatic heterocycles. The minimum Gasteiger partial charge on any atom is -0.481 e. The topological polar surface area (TPSA) is 70.5 Å². The first kappa shape index (κ1) is 11.5. The molecule has 0 spiro atoms. The molecule has 1 N–H and O–H groups in total. The number of carboxylic acid groups (broad SMARTS) is 1. The number of nitrogens with zero attached hydrogens (tertiary/aromatic N) is 2. The first-order chi connectivity index (χ1) is 8.06. The van der Waals surface area contributed by atoms with Crippen LogP contribution in [0.4, 0.5) is 4.39 Å². The molecule has 1 aromatic heterocycles. The smallest absolute Gasteiger partial charge is 0.308 e. The second-order valence-corrected chi connectivity index (χ2v) is 4.02. The van der Waals surface area contributed by atoms with Gasteiger partial charge in [-0.15, -0.1) is 0 Å². The Bertz CT molecular complexity index is 464. The van der Waals surface area contributed by atoms with Crippen molar-refractivity contribution in [1.82, 2.24) is 9.88 Å². The molecule has 0 aromatic carbocycles. The van der Waals surface area contributed by atoms with Crippen molar-refractivity contribution in [2.75, 3.05) is 6.54 Å². The highest BCUT2D eigenvalue weighted by atomic mass is 19.1. The van der Waals surface area contributed by atoms with Crippen molar-refractivity contribution in [3.8, 4) is 0 Å². The molecule has 2 rings (SSSR count). The van der Waals surface area contributed by atoms with Gasteiger partial charge in [-0.2, -0.15) is 0 Å². The number of hydrogen-bond donors (Lipinski definition) is 1. The fourth-order valence-electron chi connectivity index (χ4n) is 1.85. The Balaban J connectivity index is 2.05. The third-order valence-corrected chi connectivity index (χ3v) is 2.70. The predicted molar refractivity (Wildman–Crippen MR) is 55.4 cm³/mol. The van der Waals surface area contributed by atoms with E-state index in [1.807, 2.05) is 0 Å². The monoisotopic (exact) mass is 238 g/mol. The summed E-state index contributed by atoms with van der Waals surface area (Å²) >= 11 is 0. The van der Waals surface area contributed by atoms with Crippen LogP contribution in [-0.2, 0) is 16.1 Å². The van der Waals surface area contributed by atoms with Crippen molar-refractivity contribution in [1.29, 1.82) is 0 Å². The van der Waals surface area contributed by atoms with Gasteiger partial charge in [0.15, 0.2) is 0 Å². The average molecular weight is 238 g/mol. The summed E-state index contributed by atoms with van der Waals surface area (Å²) in [7, 11) is 0. The van der Waals surface area contributed by atoms with E-state index in [0.717, 1.165) is 6.20 Å². The molecule has 1 aliphatic rings. The molecule has 1 saturated heterocycles. The van der Waals surface area contributed by atoms with Crippen LogP contribution >= 0.6 is 0 Å². The Morgan fingerprint density at radius 2 is 2.35 bits per heavy atom. The van der Waals surface area contributed by atoms with E-state index in [4.69, 9.17) is 5.11 Å². The fourth-order valence-corrected chi connectivity index (χ4v) is 1.85. The molecule has 0 bridgehead atoms. The Kier molecular flexibility index (Phi) is 3.03. The zero-order chi connectivity index (χ0) is 12.4. The molecule has 1 aromatic rings. The number of amides is 1. The van der Waals surface area contributed by atoms with E-state index >= 15 is 0 Å². The van der Waals surface area contributed by atoms with Crippen LogP contribution in [0.15, 0.2) is 18.5 Å². The number of carbonyl (C=O) groups is 2. The lowest BCUT2D eigenvalue weighted by Gasteiger charge is -2.15. The van der Waals surface area contributed by atoms with Crippen molar-refractivity contribution in [2.24, 2.45) is 5.92 Å². The van der Waals surface area contributed by atoms with E-state index in [9.17, 15) is 14.0 Å². The number of hydrogen-bond acceptors (Lipinski definition) is 3. The molecule has 17 heavy (non-hydrogen) atoms. The molecular weight excluding hydrogens is 227 g/mol. The number of pyridine rings is 1. The van der Waals surface area contributed by atoms with Crippen molar-refractivity contribution < 1.29 is 19.1 Å². The van der Waals surface area contributed by atoms with Gasteiger partial charge in [-0.3, -0.25) is 14.6 Å². The zero-order valence-electron chi connectivity index (χ0n) is 8.97. The van der Waals surface area contributed by atoms with E-state index in [1.54, 1.807) is 0 Å². The summed E-state index contributed by atoms with van der Waals surface area (Å²) in [5.41, 5.74) is 0.560. The molecule has 5 nitrogen and oxygen atoms in total. The van der Waals surface area contributed by atoms with Gasteiger partial charge in [0, 0.05) is 25.7 Å². The Morgan fingerprint density at radius 1 is 1.59 bits per heavy atom. The van der Waals surface area contributed by atoms with Crippen molar-refractivity contribution in [3.63, 3.8) is 0 Å². The van der Waals surface area contributed by atoms with Gasteiger partial charge in [-0.1, -0.05) is 0 Å². The lowest BCUT2D eigenvalue weighted by atomic mass is 10.1. The molecule has 1 fully saturated rings. The van der Waals surface area contributed by atoms with Gasteiger partial charge in [-0.25, -0.2) is 4.39 Å². The van der Waals surface area contributed by atoms with Crippen LogP contribution in [0.25, 0.3) is 0 Å². The molecule has 1 unspecified atom stereocenters. The molecule has 1 amide bonds. The van der Waals surface area contributed by atoms with Crippen LogP contribution in [0, 0.1) is 11.7 Å². The number of carboxylic acids is 1. The standard InChI is InChI=1S/C11H11FN2O3/c12-9-1-7(3-13-4-9)5-14-6-8(11(16)17)2-10(14)15/h1,3-4,8H,2,5-6H2,(H,16,17). The van der Waals surface area contributed by atoms with Crippen LogP contribution in [0.1, 0.15) is 12.0 Å². The number of halogens is 1. The van der Waals surface area contributed by atoms with E-state index in [0.29, 0.717) is 5.56 Å². The van der Waals surface area contributed by atoms with Gasteiger partial charge in [0.25, 0.3) is 0 Å². The van der Waals surface area contributed by atoms with Crippen LogP contribution in [0.2, 0.25) is 0 Å². The third kappa shape index (κ3) is 2.58. The maximum atomic E-state index is 12.9. The molecule has 0 aliphatic carbocycles. The Labute approximate surface area is 96.9 Å². The number of aliphatic carboxylic acids is 1. The first-order valence-electron chi connectivity index (χ1n) is 5.16. The molecule has 2 heterocycles. The van der Waals surface area contributed by atoms with Gasteiger partial charge in [-0.05, 0) is 11.6 Å². The van der Waals surface area contributed by atoms with Crippen molar-refractivity contribution in [2.45, 2.75) is 13.0 Å². The predicted octanol–water partition coefficient (Wildman–Crippen LogP) is 0.654. The van der Waals surface area contributed by atoms with E-state index < -0.39 is 17.7 Å². The van der Waals surface area contributed by atoms with Crippen molar-refractivity contribution >= 4 is 11.9 Å². The fraction of sp³-hybridized carbons (Fsp3) is 0.364. The normalized spacial score (nSPS) is 19.7. The zero-order valence-corrected chi connectivity index (χ0v) is 8.97. The first-order valence-corrected chi connectivity index (χ1v) is 5.16. The lowest BCUT2D eigenvalue weighted by molar-refractivity contribution is -0.141. The highest BCUT2D eigenvalue weighted by molar-refractivity contribution is 5.86. The minimum absolute atomic E-state index is 0.0120. The summed E-state index contributed by atoms with van der Waals surface area (Å²) in [4.78, 5) is 27.4. The van der Waals surface area contributed by atoms with E-state index in [2.05, 4.69) is 4.98 Å². The molecular formula is C11H11FN2O3. The summed E-state index contributed by atoms with van der Waals surface area (Å²) < 4.78 is 12.9. The largest absolute Gasteiger partial charge is 0.481 e. The van der Waals surface area contributed by atoms with Gasteiger partial charge in [0.05, 0.1) is 12.1 Å². The quantitative estimate of drug-likeness (QED) is 0.839. The van der Waals surface area contributed by atoms with E-state index in [1.165, 1.54) is 17.2 Å². The molecule has 6 heteroatoms. The Morgan fingerprint density at radius 3 is 2.94 bits per heavy atom. The second kappa shape index (κ2) is 4.48. The summed E-state index contributed by atoms with van der Waals surface area (Å²) in [6, 6.07) is 1.29. The van der Waals surface area contributed by atoms with Gasteiger partial charge < -0.3 is 10.0 Å². The van der Waals surface area contributed by atoms with Crippen LogP contribution < -0.4 is 0 Å². The number of likely N-dealkylation sites (tertiary alicyclic amines) is 1. The van der Waals surface area contributed by atoms with Crippen molar-refractivity contribution in [3.05, 3.63) is 29.8 Å². The summed E-state index contributed by atoms with van der Waals surface area (Å²) in [5, 5.41) is 8.81. The highest BCUT2D eigenvalue weighted by Crippen LogP contribution is 2.20. The second-order valence-electron chi connectivity index (χ2n) is 4.02. The summed E-state index contributed by atoms with van der Waals surface area (Å²) in [6.07, 6.45) is 2.55. The van der Waals surface area contributed by atoms with Gasteiger partial charge in [0.2, 0.25) is 5.91 Å².